The minimum Gasteiger partial charge on any atom is -0.323 e. The van der Waals surface area contributed by atoms with Gasteiger partial charge in [0.15, 0.2) is 11.5 Å². The number of aromatic nitrogens is 2. The Morgan fingerprint density at radius 2 is 1.52 bits per heavy atom. The first kappa shape index (κ1) is 18.8. The van der Waals surface area contributed by atoms with Crippen molar-refractivity contribution >= 4 is 23.2 Å². The smallest absolute Gasteiger partial charge is 0.291 e. The average molecular weight is 396 g/mol. The third kappa shape index (κ3) is 4.01. The van der Waals surface area contributed by atoms with E-state index in [0.717, 1.165) is 12.8 Å². The average Bonchev–Trinajstić information content (AvgIpc) is 3.08. The highest BCUT2D eigenvalue weighted by atomic mass is 19.1. The summed E-state index contributed by atoms with van der Waals surface area (Å²) in [5.41, 5.74) is 1.40. The van der Waals surface area contributed by atoms with Gasteiger partial charge in [-0.05, 0) is 55.7 Å². The van der Waals surface area contributed by atoms with Crippen LogP contribution in [0.3, 0.4) is 0 Å². The summed E-state index contributed by atoms with van der Waals surface area (Å²) in [5.74, 6) is -1.88. The lowest BCUT2D eigenvalue weighted by atomic mass is 10.1. The lowest BCUT2D eigenvalue weighted by molar-refractivity contribution is 0.101. The van der Waals surface area contributed by atoms with Gasteiger partial charge >= 0.3 is 0 Å². The summed E-state index contributed by atoms with van der Waals surface area (Å²) >= 11 is 0. The van der Waals surface area contributed by atoms with Crippen molar-refractivity contribution in [3.63, 3.8) is 0 Å². The van der Waals surface area contributed by atoms with Crippen molar-refractivity contribution in [3.05, 3.63) is 77.4 Å². The van der Waals surface area contributed by atoms with Crippen LogP contribution in [-0.2, 0) is 13.0 Å². The highest BCUT2D eigenvalue weighted by Gasteiger charge is 2.27. The summed E-state index contributed by atoms with van der Waals surface area (Å²) in [6, 6.07) is 11.1. The van der Waals surface area contributed by atoms with Gasteiger partial charge in [0.1, 0.15) is 11.6 Å². The maximum absolute atomic E-state index is 13.4. The molecule has 2 aromatic carbocycles. The largest absolute Gasteiger partial charge is 0.323 e. The fraction of sp³-hybridized carbons (Fsp3) is 0.190. The third-order valence-electron chi connectivity index (χ3n) is 4.70. The molecular formula is C21H18F2N4O2. The van der Waals surface area contributed by atoms with E-state index in [1.165, 1.54) is 36.4 Å². The van der Waals surface area contributed by atoms with E-state index in [2.05, 4.69) is 15.6 Å². The van der Waals surface area contributed by atoms with Crippen molar-refractivity contribution < 1.29 is 18.4 Å². The van der Waals surface area contributed by atoms with E-state index in [9.17, 15) is 18.4 Å². The van der Waals surface area contributed by atoms with Crippen LogP contribution in [0.15, 0.2) is 48.5 Å². The Morgan fingerprint density at radius 3 is 2.14 bits per heavy atom. The summed E-state index contributed by atoms with van der Waals surface area (Å²) in [7, 11) is 0. The van der Waals surface area contributed by atoms with Crippen LogP contribution in [0.4, 0.5) is 20.2 Å². The molecule has 2 N–H and O–H groups in total. The second-order valence-corrected chi connectivity index (χ2v) is 6.77. The number of hydrogen-bond donors (Lipinski definition) is 2. The van der Waals surface area contributed by atoms with Crippen LogP contribution < -0.4 is 10.6 Å². The number of fused-ring (bicyclic) bond motifs is 1. The standard InChI is InChI=1S/C21H18F2N4O2/c22-13-5-3-7-15(11-13)24-20(28)18-17-9-1-2-10-27(17)19(26-18)21(29)25-16-8-4-6-14(23)12-16/h3-8,11-12H,1-2,9-10H2,(H,24,28)(H,25,29). The van der Waals surface area contributed by atoms with E-state index in [1.807, 2.05) is 0 Å². The minimum atomic E-state index is -0.524. The van der Waals surface area contributed by atoms with Gasteiger partial charge in [-0.1, -0.05) is 12.1 Å². The Bertz CT molecular complexity index is 1010. The van der Waals surface area contributed by atoms with Crippen molar-refractivity contribution in [2.24, 2.45) is 0 Å². The van der Waals surface area contributed by atoms with Crippen LogP contribution in [-0.4, -0.2) is 21.4 Å². The number of anilines is 2. The fourth-order valence-electron chi connectivity index (χ4n) is 3.41. The van der Waals surface area contributed by atoms with Gasteiger partial charge in [-0.3, -0.25) is 9.59 Å². The van der Waals surface area contributed by atoms with Crippen LogP contribution in [0, 0.1) is 11.6 Å². The van der Waals surface area contributed by atoms with Crippen molar-refractivity contribution in [2.45, 2.75) is 25.8 Å². The molecule has 0 bridgehead atoms. The molecule has 1 aromatic heterocycles. The first-order valence-electron chi connectivity index (χ1n) is 9.24. The highest BCUT2D eigenvalue weighted by molar-refractivity contribution is 6.07. The quantitative estimate of drug-likeness (QED) is 0.700. The second kappa shape index (κ2) is 7.83. The second-order valence-electron chi connectivity index (χ2n) is 6.77. The number of carbonyl (C=O) groups excluding carboxylic acids is 2. The van der Waals surface area contributed by atoms with E-state index in [0.29, 0.717) is 30.0 Å². The Morgan fingerprint density at radius 1 is 0.897 bits per heavy atom. The van der Waals surface area contributed by atoms with Crippen LogP contribution in [0.25, 0.3) is 0 Å². The zero-order valence-electron chi connectivity index (χ0n) is 15.4. The number of halogens is 2. The molecule has 0 saturated heterocycles. The SMILES string of the molecule is O=C(Nc1cccc(F)c1)c1nc(C(=O)Nc2cccc(F)c2)n2c1CCCC2. The monoisotopic (exact) mass is 396 g/mol. The molecule has 148 valence electrons. The summed E-state index contributed by atoms with van der Waals surface area (Å²) in [4.78, 5) is 29.8. The van der Waals surface area contributed by atoms with Gasteiger partial charge in [-0.15, -0.1) is 0 Å². The molecule has 29 heavy (non-hydrogen) atoms. The molecule has 0 spiro atoms. The first-order valence-corrected chi connectivity index (χ1v) is 9.24. The maximum Gasteiger partial charge on any atom is 0.291 e. The summed E-state index contributed by atoms with van der Waals surface area (Å²) in [6.07, 6.45) is 2.33. The van der Waals surface area contributed by atoms with Crippen molar-refractivity contribution in [3.8, 4) is 0 Å². The summed E-state index contributed by atoms with van der Waals surface area (Å²) < 4.78 is 28.5. The van der Waals surface area contributed by atoms with Crippen molar-refractivity contribution in [1.82, 2.24) is 9.55 Å². The number of amides is 2. The number of rotatable bonds is 4. The molecule has 2 amide bonds. The predicted molar refractivity (Wildman–Crippen MR) is 104 cm³/mol. The van der Waals surface area contributed by atoms with Crippen LogP contribution in [0.1, 0.15) is 39.6 Å². The van der Waals surface area contributed by atoms with Gasteiger partial charge < -0.3 is 15.2 Å². The molecule has 8 heteroatoms. The molecule has 0 radical (unpaired) electrons. The summed E-state index contributed by atoms with van der Waals surface area (Å²) in [5, 5.41) is 5.24. The van der Waals surface area contributed by atoms with Gasteiger partial charge in [0.05, 0.1) is 5.69 Å². The first-order chi connectivity index (χ1) is 14.0. The van der Waals surface area contributed by atoms with Crippen LogP contribution in [0.2, 0.25) is 0 Å². The Hall–Kier alpha value is -3.55. The maximum atomic E-state index is 13.4. The molecular weight excluding hydrogens is 378 g/mol. The highest BCUT2D eigenvalue weighted by Crippen LogP contribution is 2.23. The van der Waals surface area contributed by atoms with E-state index in [1.54, 1.807) is 16.7 Å². The Balaban J connectivity index is 1.63. The van der Waals surface area contributed by atoms with Crippen LogP contribution in [0.5, 0.6) is 0 Å². The fourth-order valence-corrected chi connectivity index (χ4v) is 3.41. The lowest BCUT2D eigenvalue weighted by Crippen LogP contribution is -2.21. The zero-order chi connectivity index (χ0) is 20.4. The van der Waals surface area contributed by atoms with Gasteiger partial charge in [-0.25, -0.2) is 13.8 Å². The normalized spacial score (nSPS) is 12.9. The molecule has 0 atom stereocenters. The summed E-state index contributed by atoms with van der Waals surface area (Å²) in [6.45, 7) is 0.557. The molecule has 0 aliphatic carbocycles. The van der Waals surface area contributed by atoms with Gasteiger partial charge in [0, 0.05) is 17.9 Å². The predicted octanol–water partition coefficient (Wildman–Crippen LogP) is 4.00. The molecule has 2 heterocycles. The molecule has 0 unspecified atom stereocenters. The molecule has 1 aliphatic heterocycles. The third-order valence-corrected chi connectivity index (χ3v) is 4.70. The number of benzene rings is 2. The molecule has 6 nitrogen and oxygen atoms in total. The van der Waals surface area contributed by atoms with E-state index >= 15 is 0 Å². The number of imidazole rings is 1. The van der Waals surface area contributed by atoms with Gasteiger partial charge in [0.25, 0.3) is 11.8 Å². The molecule has 3 aromatic rings. The molecule has 4 rings (SSSR count). The van der Waals surface area contributed by atoms with E-state index in [-0.39, 0.29) is 11.5 Å². The number of nitrogens with one attached hydrogen (secondary N) is 2. The van der Waals surface area contributed by atoms with Gasteiger partial charge in [0.2, 0.25) is 0 Å². The van der Waals surface area contributed by atoms with Gasteiger partial charge in [-0.2, -0.15) is 0 Å². The Labute approximate surface area is 165 Å². The molecule has 1 aliphatic rings. The van der Waals surface area contributed by atoms with Crippen LogP contribution >= 0.6 is 0 Å². The Kier molecular flexibility index (Phi) is 5.07. The van der Waals surface area contributed by atoms with E-state index in [4.69, 9.17) is 0 Å². The number of nitrogens with zero attached hydrogens (tertiary/aromatic N) is 2. The zero-order valence-corrected chi connectivity index (χ0v) is 15.4. The van der Waals surface area contributed by atoms with Crippen molar-refractivity contribution in [1.29, 1.82) is 0 Å². The van der Waals surface area contributed by atoms with E-state index < -0.39 is 23.4 Å². The number of hydrogen-bond acceptors (Lipinski definition) is 3. The van der Waals surface area contributed by atoms with Crippen molar-refractivity contribution in [2.75, 3.05) is 10.6 Å². The topological polar surface area (TPSA) is 76.0 Å². The number of carbonyl (C=O) groups is 2. The molecule has 0 fully saturated rings. The molecule has 0 saturated carbocycles. The minimum absolute atomic E-state index is 0.0911. The lowest BCUT2D eigenvalue weighted by Gasteiger charge is -2.17.